The van der Waals surface area contributed by atoms with Crippen LogP contribution in [0.5, 0.6) is 5.75 Å². The fourth-order valence-corrected chi connectivity index (χ4v) is 1.63. The second-order valence-electron chi connectivity index (χ2n) is 4.21. The lowest BCUT2D eigenvalue weighted by molar-refractivity contribution is 0.102. The van der Waals surface area contributed by atoms with Crippen LogP contribution in [-0.2, 0) is 0 Å². The van der Waals surface area contributed by atoms with Crippen LogP contribution in [0.4, 0.5) is 5.82 Å². The highest BCUT2D eigenvalue weighted by atomic mass is 16.3. The molecule has 2 aromatic rings. The first kappa shape index (κ1) is 14.6. The van der Waals surface area contributed by atoms with Gasteiger partial charge < -0.3 is 15.5 Å². The van der Waals surface area contributed by atoms with Crippen molar-refractivity contribution < 1.29 is 15.0 Å². The normalized spacial score (nSPS) is 9.57. The molecular weight excluding hydrogens is 268 g/mol. The zero-order chi connectivity index (χ0) is 15.1. The number of phenolic OH excluding ortho intramolecular Hbond substituents is 1. The number of amides is 1. The third kappa shape index (κ3) is 4.34. The number of nitrogens with zero attached hydrogens (tertiary/aromatic N) is 1. The summed E-state index contributed by atoms with van der Waals surface area (Å²) in [5.74, 6) is 5.70. The molecule has 0 atom stereocenters. The highest BCUT2D eigenvalue weighted by Gasteiger charge is 2.07. The summed E-state index contributed by atoms with van der Waals surface area (Å²) < 4.78 is 0. The van der Waals surface area contributed by atoms with Crippen LogP contribution in [0.25, 0.3) is 0 Å². The van der Waals surface area contributed by atoms with Crippen molar-refractivity contribution in [3.63, 3.8) is 0 Å². The standard InChI is InChI=1S/C16H14N2O3/c19-9-2-1-4-12-7-8-17-15(10-12)18-16(21)13-5-3-6-14(20)11-13/h3,5-8,10-11,19-20H,2,9H2,(H,17,18,21). The van der Waals surface area contributed by atoms with Gasteiger partial charge >= 0.3 is 0 Å². The SMILES string of the molecule is O=C(Nc1cc(C#CCCO)ccn1)c1cccc(O)c1. The fourth-order valence-electron chi connectivity index (χ4n) is 1.63. The topological polar surface area (TPSA) is 82.5 Å². The van der Waals surface area contributed by atoms with Gasteiger partial charge in [0.2, 0.25) is 0 Å². The average molecular weight is 282 g/mol. The van der Waals surface area contributed by atoms with E-state index in [-0.39, 0.29) is 18.3 Å². The van der Waals surface area contributed by atoms with E-state index >= 15 is 0 Å². The molecule has 0 unspecified atom stereocenters. The summed E-state index contributed by atoms with van der Waals surface area (Å²) in [6.07, 6.45) is 1.94. The summed E-state index contributed by atoms with van der Waals surface area (Å²) in [6.45, 7) is 0.0131. The lowest BCUT2D eigenvalue weighted by Gasteiger charge is -2.05. The molecule has 0 saturated carbocycles. The molecule has 0 aliphatic carbocycles. The number of carbonyl (C=O) groups excluding carboxylic acids is 1. The Hall–Kier alpha value is -2.84. The molecule has 0 radical (unpaired) electrons. The summed E-state index contributed by atoms with van der Waals surface area (Å²) in [7, 11) is 0. The molecule has 106 valence electrons. The Balaban J connectivity index is 2.11. The maximum atomic E-state index is 12.0. The number of nitrogens with one attached hydrogen (secondary N) is 1. The Morgan fingerprint density at radius 2 is 2.14 bits per heavy atom. The maximum Gasteiger partial charge on any atom is 0.256 e. The first-order valence-electron chi connectivity index (χ1n) is 6.35. The summed E-state index contributed by atoms with van der Waals surface area (Å²) >= 11 is 0. The number of rotatable bonds is 3. The molecule has 0 spiro atoms. The minimum atomic E-state index is -0.362. The molecule has 0 fully saturated rings. The molecule has 5 nitrogen and oxygen atoms in total. The van der Waals surface area contributed by atoms with E-state index in [0.717, 1.165) is 0 Å². The number of aliphatic hydroxyl groups is 1. The number of carbonyl (C=O) groups is 1. The van der Waals surface area contributed by atoms with Gasteiger partial charge in [-0.25, -0.2) is 4.98 Å². The highest BCUT2D eigenvalue weighted by Crippen LogP contribution is 2.13. The quantitative estimate of drug-likeness (QED) is 0.749. The molecular formula is C16H14N2O3. The van der Waals surface area contributed by atoms with E-state index < -0.39 is 0 Å². The molecule has 21 heavy (non-hydrogen) atoms. The van der Waals surface area contributed by atoms with Crippen molar-refractivity contribution >= 4 is 11.7 Å². The first-order valence-corrected chi connectivity index (χ1v) is 6.35. The molecule has 1 aromatic heterocycles. The van der Waals surface area contributed by atoms with Crippen LogP contribution in [0.15, 0.2) is 42.6 Å². The molecule has 1 aromatic carbocycles. The van der Waals surface area contributed by atoms with Crippen molar-refractivity contribution in [2.24, 2.45) is 0 Å². The van der Waals surface area contributed by atoms with E-state index in [9.17, 15) is 9.90 Å². The van der Waals surface area contributed by atoms with Gasteiger partial charge in [0.25, 0.3) is 5.91 Å². The van der Waals surface area contributed by atoms with Crippen LogP contribution in [0, 0.1) is 11.8 Å². The van der Waals surface area contributed by atoms with Gasteiger partial charge in [-0.3, -0.25) is 4.79 Å². The van der Waals surface area contributed by atoms with E-state index in [0.29, 0.717) is 23.4 Å². The number of phenols is 1. The second kappa shape index (κ2) is 7.08. The first-order chi connectivity index (χ1) is 10.2. The van der Waals surface area contributed by atoms with Gasteiger partial charge in [-0.1, -0.05) is 17.9 Å². The second-order valence-corrected chi connectivity index (χ2v) is 4.21. The van der Waals surface area contributed by atoms with E-state index in [1.807, 2.05) is 0 Å². The van der Waals surface area contributed by atoms with Crippen molar-refractivity contribution in [3.8, 4) is 17.6 Å². The highest BCUT2D eigenvalue weighted by molar-refractivity contribution is 6.04. The van der Waals surface area contributed by atoms with Crippen molar-refractivity contribution in [2.75, 3.05) is 11.9 Å². The van der Waals surface area contributed by atoms with Crippen LogP contribution in [0.1, 0.15) is 22.3 Å². The van der Waals surface area contributed by atoms with Gasteiger partial charge in [0.15, 0.2) is 0 Å². The van der Waals surface area contributed by atoms with Gasteiger partial charge in [-0.15, -0.1) is 0 Å². The lowest BCUT2D eigenvalue weighted by Crippen LogP contribution is -2.12. The molecule has 0 aliphatic rings. The van der Waals surface area contributed by atoms with Crippen LogP contribution in [0.3, 0.4) is 0 Å². The van der Waals surface area contributed by atoms with E-state index in [1.165, 1.54) is 12.1 Å². The average Bonchev–Trinajstić information content (AvgIpc) is 2.48. The van der Waals surface area contributed by atoms with Crippen LogP contribution in [0.2, 0.25) is 0 Å². The zero-order valence-corrected chi connectivity index (χ0v) is 11.2. The Kier molecular flexibility index (Phi) is 4.91. The predicted molar refractivity (Wildman–Crippen MR) is 78.9 cm³/mol. The number of aromatic hydroxyl groups is 1. The van der Waals surface area contributed by atoms with Crippen LogP contribution >= 0.6 is 0 Å². The number of hydrogen-bond donors (Lipinski definition) is 3. The van der Waals surface area contributed by atoms with Gasteiger partial charge in [-0.05, 0) is 30.3 Å². The van der Waals surface area contributed by atoms with Gasteiger partial charge in [0.1, 0.15) is 11.6 Å². The van der Waals surface area contributed by atoms with Crippen LogP contribution in [-0.4, -0.2) is 27.7 Å². The van der Waals surface area contributed by atoms with Gasteiger partial charge in [-0.2, -0.15) is 0 Å². The molecule has 0 bridgehead atoms. The van der Waals surface area contributed by atoms with Crippen molar-refractivity contribution in [2.45, 2.75) is 6.42 Å². The van der Waals surface area contributed by atoms with Crippen molar-refractivity contribution in [3.05, 3.63) is 53.7 Å². The molecule has 1 amide bonds. The fraction of sp³-hybridized carbons (Fsp3) is 0.125. The minimum absolute atomic E-state index is 0.0131. The zero-order valence-electron chi connectivity index (χ0n) is 11.2. The smallest absolute Gasteiger partial charge is 0.256 e. The number of aromatic nitrogens is 1. The molecule has 0 aliphatic heterocycles. The molecule has 2 rings (SSSR count). The van der Waals surface area contributed by atoms with Gasteiger partial charge in [0.05, 0.1) is 6.61 Å². The Labute approximate surface area is 122 Å². The van der Waals surface area contributed by atoms with E-state index in [1.54, 1.807) is 30.5 Å². The third-order valence-corrected chi connectivity index (χ3v) is 2.58. The molecule has 0 saturated heterocycles. The summed E-state index contributed by atoms with van der Waals surface area (Å²) in [6, 6.07) is 9.42. The maximum absolute atomic E-state index is 12.0. The monoisotopic (exact) mass is 282 g/mol. The minimum Gasteiger partial charge on any atom is -0.508 e. The Bertz CT molecular complexity index is 702. The van der Waals surface area contributed by atoms with E-state index in [2.05, 4.69) is 22.1 Å². The van der Waals surface area contributed by atoms with Gasteiger partial charge in [0, 0.05) is 23.7 Å². The number of benzene rings is 1. The molecule has 1 heterocycles. The number of hydrogen-bond acceptors (Lipinski definition) is 4. The summed E-state index contributed by atoms with van der Waals surface area (Å²) in [5, 5.41) is 20.7. The lowest BCUT2D eigenvalue weighted by atomic mass is 10.2. The van der Waals surface area contributed by atoms with Crippen molar-refractivity contribution in [1.82, 2.24) is 4.98 Å². The largest absolute Gasteiger partial charge is 0.508 e. The number of pyridine rings is 1. The number of aliphatic hydroxyl groups excluding tert-OH is 1. The van der Waals surface area contributed by atoms with Crippen LogP contribution < -0.4 is 5.32 Å². The summed E-state index contributed by atoms with van der Waals surface area (Å²) in [4.78, 5) is 16.1. The van der Waals surface area contributed by atoms with E-state index in [4.69, 9.17) is 5.11 Å². The third-order valence-electron chi connectivity index (χ3n) is 2.58. The molecule has 5 heteroatoms. The number of anilines is 1. The Morgan fingerprint density at radius 3 is 2.90 bits per heavy atom. The Morgan fingerprint density at radius 1 is 1.29 bits per heavy atom. The molecule has 3 N–H and O–H groups in total. The summed E-state index contributed by atoms with van der Waals surface area (Å²) in [5.41, 5.74) is 1.04. The predicted octanol–water partition coefficient (Wildman–Crippen LogP) is 1.77. The van der Waals surface area contributed by atoms with Crippen molar-refractivity contribution in [1.29, 1.82) is 0 Å².